The third kappa shape index (κ3) is 2.10. The van der Waals surface area contributed by atoms with Crippen molar-refractivity contribution in [1.82, 2.24) is 10.2 Å². The summed E-state index contributed by atoms with van der Waals surface area (Å²) in [4.78, 5) is 2.46. The number of rotatable bonds is 3. The van der Waals surface area contributed by atoms with Crippen molar-refractivity contribution >= 4 is 0 Å². The van der Waals surface area contributed by atoms with E-state index < -0.39 is 0 Å². The Kier molecular flexibility index (Phi) is 3.10. The molecule has 2 atom stereocenters. The molecule has 2 aliphatic rings. The van der Waals surface area contributed by atoms with Gasteiger partial charge in [0.1, 0.15) is 0 Å². The Morgan fingerprint density at radius 3 is 2.50 bits per heavy atom. The lowest BCUT2D eigenvalue weighted by atomic mass is 10.0. The molecule has 1 aliphatic carbocycles. The van der Waals surface area contributed by atoms with Gasteiger partial charge in [0.25, 0.3) is 0 Å². The Morgan fingerprint density at radius 1 is 1.29 bits per heavy atom. The minimum Gasteiger partial charge on any atom is -0.392 e. The Balaban J connectivity index is 1.68. The molecule has 2 N–H and O–H groups in total. The van der Waals surface area contributed by atoms with Crippen molar-refractivity contribution in [2.24, 2.45) is 0 Å². The molecule has 0 amide bonds. The van der Waals surface area contributed by atoms with Crippen molar-refractivity contribution < 1.29 is 5.11 Å². The summed E-state index contributed by atoms with van der Waals surface area (Å²) in [5, 5.41) is 13.2. The topological polar surface area (TPSA) is 35.5 Å². The zero-order valence-corrected chi connectivity index (χ0v) is 9.24. The monoisotopic (exact) mass is 198 g/mol. The molecule has 1 saturated carbocycles. The van der Waals surface area contributed by atoms with Gasteiger partial charge in [-0.05, 0) is 33.1 Å². The molecule has 3 nitrogen and oxygen atoms in total. The summed E-state index contributed by atoms with van der Waals surface area (Å²) in [5.41, 5.74) is 0. The number of aliphatic hydroxyl groups excluding tert-OH is 1. The van der Waals surface area contributed by atoms with Crippen molar-refractivity contribution in [1.29, 1.82) is 0 Å². The second-order valence-electron chi connectivity index (χ2n) is 5.02. The Morgan fingerprint density at radius 2 is 2.00 bits per heavy atom. The SMILES string of the molecule is CC(C)N1CC(NC2CCCC2O)C1. The van der Waals surface area contributed by atoms with E-state index in [1.54, 1.807) is 0 Å². The average Bonchev–Trinajstić information content (AvgIpc) is 2.42. The fourth-order valence-electron chi connectivity index (χ4n) is 2.48. The van der Waals surface area contributed by atoms with Crippen LogP contribution in [0.1, 0.15) is 33.1 Å². The molecule has 0 aromatic carbocycles. The predicted octanol–water partition coefficient (Wildman–Crippen LogP) is 0.582. The van der Waals surface area contributed by atoms with Gasteiger partial charge in [0.15, 0.2) is 0 Å². The summed E-state index contributed by atoms with van der Waals surface area (Å²) in [6.45, 7) is 6.78. The van der Waals surface area contributed by atoms with Crippen LogP contribution in [-0.2, 0) is 0 Å². The van der Waals surface area contributed by atoms with Crippen molar-refractivity contribution in [3.63, 3.8) is 0 Å². The van der Waals surface area contributed by atoms with Crippen LogP contribution in [0, 0.1) is 0 Å². The summed E-state index contributed by atoms with van der Waals surface area (Å²) in [6.07, 6.45) is 3.22. The fourth-order valence-corrected chi connectivity index (χ4v) is 2.48. The number of hydrogen-bond acceptors (Lipinski definition) is 3. The summed E-state index contributed by atoms with van der Waals surface area (Å²) < 4.78 is 0. The first kappa shape index (κ1) is 10.4. The van der Waals surface area contributed by atoms with Gasteiger partial charge in [0, 0.05) is 31.2 Å². The van der Waals surface area contributed by atoms with Gasteiger partial charge in [-0.15, -0.1) is 0 Å². The number of likely N-dealkylation sites (tertiary alicyclic amines) is 1. The minimum atomic E-state index is -0.0944. The van der Waals surface area contributed by atoms with E-state index in [-0.39, 0.29) is 6.10 Å². The van der Waals surface area contributed by atoms with E-state index >= 15 is 0 Å². The van der Waals surface area contributed by atoms with Crippen molar-refractivity contribution in [3.05, 3.63) is 0 Å². The number of nitrogens with one attached hydrogen (secondary N) is 1. The minimum absolute atomic E-state index is 0.0944. The Labute approximate surface area is 86.5 Å². The first-order valence-corrected chi connectivity index (χ1v) is 5.85. The summed E-state index contributed by atoms with van der Waals surface area (Å²) in [6, 6.07) is 1.66. The number of hydrogen-bond donors (Lipinski definition) is 2. The largest absolute Gasteiger partial charge is 0.392 e. The van der Waals surface area contributed by atoms with Crippen LogP contribution in [0.2, 0.25) is 0 Å². The second-order valence-corrected chi connectivity index (χ2v) is 5.02. The standard InChI is InChI=1S/C11H22N2O/c1-8(2)13-6-9(7-13)12-10-4-3-5-11(10)14/h8-12,14H,3-7H2,1-2H3. The highest BCUT2D eigenvalue weighted by molar-refractivity contribution is 4.93. The van der Waals surface area contributed by atoms with Crippen LogP contribution in [0.15, 0.2) is 0 Å². The van der Waals surface area contributed by atoms with Gasteiger partial charge in [0.05, 0.1) is 6.10 Å². The molecular formula is C11H22N2O. The lowest BCUT2D eigenvalue weighted by molar-refractivity contribution is 0.0661. The van der Waals surface area contributed by atoms with Crippen LogP contribution in [-0.4, -0.2) is 47.3 Å². The summed E-state index contributed by atoms with van der Waals surface area (Å²) in [7, 11) is 0. The molecule has 2 fully saturated rings. The van der Waals surface area contributed by atoms with Crippen LogP contribution in [0.3, 0.4) is 0 Å². The number of aliphatic hydroxyl groups is 1. The van der Waals surface area contributed by atoms with Crippen LogP contribution >= 0.6 is 0 Å². The van der Waals surface area contributed by atoms with E-state index in [9.17, 15) is 5.11 Å². The molecule has 1 heterocycles. The first-order valence-electron chi connectivity index (χ1n) is 5.85. The van der Waals surface area contributed by atoms with E-state index in [0.29, 0.717) is 18.1 Å². The van der Waals surface area contributed by atoms with E-state index in [0.717, 1.165) is 25.9 Å². The second kappa shape index (κ2) is 4.17. The molecule has 3 heteroatoms. The quantitative estimate of drug-likeness (QED) is 0.696. The van der Waals surface area contributed by atoms with E-state index in [4.69, 9.17) is 0 Å². The zero-order chi connectivity index (χ0) is 10.1. The molecular weight excluding hydrogens is 176 g/mol. The van der Waals surface area contributed by atoms with Crippen LogP contribution < -0.4 is 5.32 Å². The third-order valence-corrected chi connectivity index (χ3v) is 3.57. The molecule has 0 bridgehead atoms. The van der Waals surface area contributed by atoms with E-state index in [1.807, 2.05) is 0 Å². The van der Waals surface area contributed by atoms with Gasteiger partial charge in [-0.1, -0.05) is 0 Å². The maximum Gasteiger partial charge on any atom is 0.0693 e. The summed E-state index contributed by atoms with van der Waals surface area (Å²) in [5.74, 6) is 0. The predicted molar refractivity (Wildman–Crippen MR) is 57.3 cm³/mol. The highest BCUT2D eigenvalue weighted by atomic mass is 16.3. The molecule has 0 aromatic rings. The highest BCUT2D eigenvalue weighted by Gasteiger charge is 2.33. The van der Waals surface area contributed by atoms with Crippen molar-refractivity contribution in [2.45, 2.75) is 57.3 Å². The smallest absolute Gasteiger partial charge is 0.0693 e. The maximum atomic E-state index is 9.66. The van der Waals surface area contributed by atoms with Gasteiger partial charge < -0.3 is 10.4 Å². The van der Waals surface area contributed by atoms with E-state index in [2.05, 4.69) is 24.1 Å². The van der Waals surface area contributed by atoms with Crippen LogP contribution in [0.25, 0.3) is 0 Å². The van der Waals surface area contributed by atoms with Gasteiger partial charge in [-0.3, -0.25) is 4.90 Å². The average molecular weight is 198 g/mol. The molecule has 1 aliphatic heterocycles. The molecule has 0 radical (unpaired) electrons. The third-order valence-electron chi connectivity index (χ3n) is 3.57. The van der Waals surface area contributed by atoms with E-state index in [1.165, 1.54) is 6.42 Å². The summed E-state index contributed by atoms with van der Waals surface area (Å²) >= 11 is 0. The molecule has 0 aromatic heterocycles. The Bertz CT molecular complexity index is 190. The molecule has 0 spiro atoms. The Hall–Kier alpha value is -0.120. The van der Waals surface area contributed by atoms with Gasteiger partial charge in [-0.25, -0.2) is 0 Å². The molecule has 82 valence electrons. The fraction of sp³-hybridized carbons (Fsp3) is 1.00. The highest BCUT2D eigenvalue weighted by Crippen LogP contribution is 2.21. The molecule has 2 rings (SSSR count). The van der Waals surface area contributed by atoms with Crippen molar-refractivity contribution in [2.75, 3.05) is 13.1 Å². The van der Waals surface area contributed by atoms with Crippen LogP contribution in [0.5, 0.6) is 0 Å². The van der Waals surface area contributed by atoms with Gasteiger partial charge in [0.2, 0.25) is 0 Å². The number of nitrogens with zero attached hydrogens (tertiary/aromatic N) is 1. The normalized spacial score (nSPS) is 35.1. The van der Waals surface area contributed by atoms with Crippen LogP contribution in [0.4, 0.5) is 0 Å². The molecule has 14 heavy (non-hydrogen) atoms. The molecule has 2 unspecified atom stereocenters. The van der Waals surface area contributed by atoms with Gasteiger partial charge in [-0.2, -0.15) is 0 Å². The lowest BCUT2D eigenvalue weighted by Gasteiger charge is -2.44. The molecule has 1 saturated heterocycles. The van der Waals surface area contributed by atoms with Gasteiger partial charge >= 0.3 is 0 Å². The maximum absolute atomic E-state index is 9.66. The zero-order valence-electron chi connectivity index (χ0n) is 9.24. The van der Waals surface area contributed by atoms with Crippen molar-refractivity contribution in [3.8, 4) is 0 Å². The lowest BCUT2D eigenvalue weighted by Crippen LogP contribution is -2.62. The first-order chi connectivity index (χ1) is 6.66.